The van der Waals surface area contributed by atoms with E-state index in [2.05, 4.69) is 15.5 Å². The fourth-order valence-corrected chi connectivity index (χ4v) is 2.61. The van der Waals surface area contributed by atoms with E-state index in [1.165, 1.54) is 12.8 Å². The molecule has 4 heteroatoms. The Labute approximate surface area is 122 Å². The first-order valence-electron chi connectivity index (χ1n) is 7.16. The van der Waals surface area contributed by atoms with Crippen molar-refractivity contribution in [3.63, 3.8) is 0 Å². The molecule has 1 aliphatic carbocycles. The lowest BCUT2D eigenvalue weighted by Gasteiger charge is -2.05. The average Bonchev–Trinajstić information content (AvgIpc) is 3.27. The minimum absolute atomic E-state index is 0.124. The SMILES string of the molecule is O=C(Nc1cc(C2CC2)[nH]n1)c1cccc2ccccc12. The molecule has 2 aromatic carbocycles. The summed E-state index contributed by atoms with van der Waals surface area (Å²) in [6, 6.07) is 15.6. The molecule has 0 bridgehead atoms. The van der Waals surface area contributed by atoms with Gasteiger partial charge in [0.1, 0.15) is 0 Å². The Morgan fingerprint density at radius 1 is 1.14 bits per heavy atom. The number of aromatic amines is 1. The second-order valence-corrected chi connectivity index (χ2v) is 5.46. The summed E-state index contributed by atoms with van der Waals surface area (Å²) in [5, 5.41) is 12.1. The predicted octanol–water partition coefficient (Wildman–Crippen LogP) is 3.69. The van der Waals surface area contributed by atoms with E-state index in [9.17, 15) is 4.79 Å². The third-order valence-corrected chi connectivity index (χ3v) is 3.89. The fraction of sp³-hybridized carbons (Fsp3) is 0.176. The number of H-pyrrole nitrogens is 1. The zero-order valence-electron chi connectivity index (χ0n) is 11.5. The first kappa shape index (κ1) is 12.1. The molecule has 1 aromatic heterocycles. The van der Waals surface area contributed by atoms with E-state index in [0.29, 0.717) is 17.3 Å². The van der Waals surface area contributed by atoms with E-state index < -0.39 is 0 Å². The molecule has 4 nitrogen and oxygen atoms in total. The van der Waals surface area contributed by atoms with Crippen LogP contribution in [-0.4, -0.2) is 16.1 Å². The van der Waals surface area contributed by atoms with Crippen molar-refractivity contribution in [2.45, 2.75) is 18.8 Å². The van der Waals surface area contributed by atoms with Crippen LogP contribution in [0.2, 0.25) is 0 Å². The van der Waals surface area contributed by atoms with Gasteiger partial charge in [-0.15, -0.1) is 0 Å². The van der Waals surface area contributed by atoms with E-state index in [0.717, 1.165) is 16.5 Å². The van der Waals surface area contributed by atoms with Crippen LogP contribution in [0.3, 0.4) is 0 Å². The van der Waals surface area contributed by atoms with Crippen LogP contribution in [0, 0.1) is 0 Å². The van der Waals surface area contributed by atoms with E-state index >= 15 is 0 Å². The quantitative estimate of drug-likeness (QED) is 0.767. The molecule has 0 radical (unpaired) electrons. The molecule has 4 rings (SSSR count). The van der Waals surface area contributed by atoms with Crippen LogP contribution in [0.1, 0.15) is 34.8 Å². The number of nitrogens with zero attached hydrogens (tertiary/aromatic N) is 1. The van der Waals surface area contributed by atoms with E-state index in [-0.39, 0.29) is 5.91 Å². The largest absolute Gasteiger partial charge is 0.305 e. The minimum Gasteiger partial charge on any atom is -0.305 e. The molecule has 1 amide bonds. The minimum atomic E-state index is -0.124. The van der Waals surface area contributed by atoms with Gasteiger partial charge in [0, 0.05) is 23.2 Å². The van der Waals surface area contributed by atoms with Crippen LogP contribution >= 0.6 is 0 Å². The molecule has 2 N–H and O–H groups in total. The maximum absolute atomic E-state index is 12.5. The molecule has 1 fully saturated rings. The Kier molecular flexibility index (Phi) is 2.74. The van der Waals surface area contributed by atoms with Crippen molar-refractivity contribution in [3.8, 4) is 0 Å². The van der Waals surface area contributed by atoms with Crippen molar-refractivity contribution in [3.05, 3.63) is 59.8 Å². The lowest BCUT2D eigenvalue weighted by atomic mass is 10.0. The number of carbonyl (C=O) groups is 1. The number of anilines is 1. The molecule has 104 valence electrons. The van der Waals surface area contributed by atoms with Gasteiger partial charge in [0.05, 0.1) is 0 Å². The lowest BCUT2D eigenvalue weighted by Crippen LogP contribution is -2.12. The maximum atomic E-state index is 12.5. The highest BCUT2D eigenvalue weighted by Crippen LogP contribution is 2.39. The van der Waals surface area contributed by atoms with Crippen molar-refractivity contribution in [2.75, 3.05) is 5.32 Å². The summed E-state index contributed by atoms with van der Waals surface area (Å²) in [4.78, 5) is 12.5. The maximum Gasteiger partial charge on any atom is 0.257 e. The normalized spacial score (nSPS) is 14.3. The number of amides is 1. The van der Waals surface area contributed by atoms with Crippen LogP contribution in [-0.2, 0) is 0 Å². The highest BCUT2D eigenvalue weighted by Gasteiger charge is 2.25. The van der Waals surface area contributed by atoms with Gasteiger partial charge >= 0.3 is 0 Å². The van der Waals surface area contributed by atoms with Crippen molar-refractivity contribution >= 4 is 22.5 Å². The van der Waals surface area contributed by atoms with Crippen molar-refractivity contribution in [1.29, 1.82) is 0 Å². The summed E-state index contributed by atoms with van der Waals surface area (Å²) in [5.41, 5.74) is 1.78. The number of fused-ring (bicyclic) bond motifs is 1. The van der Waals surface area contributed by atoms with Crippen LogP contribution in [0.4, 0.5) is 5.82 Å². The molecule has 0 saturated heterocycles. The fourth-order valence-electron chi connectivity index (χ4n) is 2.61. The zero-order chi connectivity index (χ0) is 14.2. The standard InChI is InChI=1S/C17H15N3O/c21-17(18-16-10-15(19-20-16)12-8-9-12)14-7-3-5-11-4-1-2-6-13(11)14/h1-7,10,12H,8-9H2,(H2,18,19,20,21). The summed E-state index contributed by atoms with van der Waals surface area (Å²) in [6.07, 6.45) is 2.41. The highest BCUT2D eigenvalue weighted by molar-refractivity contribution is 6.12. The van der Waals surface area contributed by atoms with Crippen molar-refractivity contribution in [1.82, 2.24) is 10.2 Å². The number of rotatable bonds is 3. The van der Waals surface area contributed by atoms with Gasteiger partial charge < -0.3 is 5.32 Å². The van der Waals surface area contributed by atoms with Crippen molar-refractivity contribution in [2.24, 2.45) is 0 Å². The second-order valence-electron chi connectivity index (χ2n) is 5.46. The molecule has 21 heavy (non-hydrogen) atoms. The number of benzene rings is 2. The lowest BCUT2D eigenvalue weighted by molar-refractivity contribution is 0.102. The van der Waals surface area contributed by atoms with E-state index in [1.807, 2.05) is 48.5 Å². The molecule has 0 aliphatic heterocycles. The van der Waals surface area contributed by atoms with Crippen LogP contribution in [0.5, 0.6) is 0 Å². The van der Waals surface area contributed by atoms with Gasteiger partial charge in [-0.25, -0.2) is 0 Å². The van der Waals surface area contributed by atoms with Crippen LogP contribution in [0.25, 0.3) is 10.8 Å². The summed E-state index contributed by atoms with van der Waals surface area (Å²) >= 11 is 0. The number of hydrogen-bond acceptors (Lipinski definition) is 2. The summed E-state index contributed by atoms with van der Waals surface area (Å²) in [5.74, 6) is 1.07. The molecule has 0 atom stereocenters. The van der Waals surface area contributed by atoms with Gasteiger partial charge in [-0.1, -0.05) is 36.4 Å². The Morgan fingerprint density at radius 3 is 2.81 bits per heavy atom. The highest BCUT2D eigenvalue weighted by atomic mass is 16.1. The molecule has 1 saturated carbocycles. The molecule has 1 heterocycles. The van der Waals surface area contributed by atoms with Gasteiger partial charge in [0.2, 0.25) is 0 Å². The molecular weight excluding hydrogens is 262 g/mol. The number of carbonyl (C=O) groups excluding carboxylic acids is 1. The summed E-state index contributed by atoms with van der Waals surface area (Å²) in [7, 11) is 0. The molecule has 0 unspecified atom stereocenters. The Morgan fingerprint density at radius 2 is 1.95 bits per heavy atom. The Bertz CT molecular complexity index is 812. The Balaban J connectivity index is 1.63. The number of nitrogens with one attached hydrogen (secondary N) is 2. The summed E-state index contributed by atoms with van der Waals surface area (Å²) < 4.78 is 0. The van der Waals surface area contributed by atoms with Gasteiger partial charge in [0.15, 0.2) is 5.82 Å². The van der Waals surface area contributed by atoms with Gasteiger partial charge in [-0.3, -0.25) is 9.89 Å². The van der Waals surface area contributed by atoms with E-state index in [1.54, 1.807) is 0 Å². The van der Waals surface area contributed by atoms with Gasteiger partial charge in [-0.05, 0) is 29.7 Å². The topological polar surface area (TPSA) is 57.8 Å². The smallest absolute Gasteiger partial charge is 0.257 e. The van der Waals surface area contributed by atoms with Crippen LogP contribution in [0.15, 0.2) is 48.5 Å². The third-order valence-electron chi connectivity index (χ3n) is 3.89. The molecular formula is C17H15N3O. The summed E-state index contributed by atoms with van der Waals surface area (Å²) in [6.45, 7) is 0. The first-order chi connectivity index (χ1) is 10.3. The monoisotopic (exact) mass is 277 g/mol. The van der Waals surface area contributed by atoms with Crippen molar-refractivity contribution < 1.29 is 4.79 Å². The first-order valence-corrected chi connectivity index (χ1v) is 7.16. The van der Waals surface area contributed by atoms with E-state index in [4.69, 9.17) is 0 Å². The number of aromatic nitrogens is 2. The van der Waals surface area contributed by atoms with Gasteiger partial charge in [0.25, 0.3) is 5.91 Å². The predicted molar refractivity (Wildman–Crippen MR) is 82.5 cm³/mol. The molecule has 0 spiro atoms. The Hall–Kier alpha value is -2.62. The zero-order valence-corrected chi connectivity index (χ0v) is 11.5. The second kappa shape index (κ2) is 4.74. The van der Waals surface area contributed by atoms with Crippen LogP contribution < -0.4 is 5.32 Å². The molecule has 1 aliphatic rings. The van der Waals surface area contributed by atoms with Gasteiger partial charge in [-0.2, -0.15) is 5.10 Å². The molecule has 3 aromatic rings. The number of hydrogen-bond donors (Lipinski definition) is 2. The third kappa shape index (κ3) is 2.29. The average molecular weight is 277 g/mol.